The van der Waals surface area contributed by atoms with Crippen molar-refractivity contribution in [2.24, 2.45) is 0 Å². The second-order valence-corrected chi connectivity index (χ2v) is 8.72. The van der Waals surface area contributed by atoms with Gasteiger partial charge in [-0.1, -0.05) is 35.7 Å². The van der Waals surface area contributed by atoms with Gasteiger partial charge in [-0.05, 0) is 56.8 Å². The molecule has 4 rings (SSSR count). The number of hydrogen-bond donors (Lipinski definition) is 1. The summed E-state index contributed by atoms with van der Waals surface area (Å²) in [5, 5.41) is 13.7. The summed E-state index contributed by atoms with van der Waals surface area (Å²) in [5.41, 5.74) is 4.70. The van der Waals surface area contributed by atoms with Gasteiger partial charge in [0.15, 0.2) is 5.82 Å². The molecular weight excluding hydrogens is 378 g/mol. The zero-order valence-electron chi connectivity index (χ0n) is 15.9. The summed E-state index contributed by atoms with van der Waals surface area (Å²) < 4.78 is 2.40. The zero-order valence-corrected chi connectivity index (χ0v) is 17.5. The van der Waals surface area contributed by atoms with Crippen molar-refractivity contribution in [1.82, 2.24) is 19.4 Å². The van der Waals surface area contributed by atoms with E-state index in [-0.39, 0.29) is 0 Å². The highest BCUT2D eigenvalue weighted by molar-refractivity contribution is 7.96. The number of likely N-dealkylation sites (tertiary alicyclic amines) is 1. The topological polar surface area (TPSA) is 44.3 Å². The van der Waals surface area contributed by atoms with Crippen LogP contribution in [0.5, 0.6) is 0 Å². The third kappa shape index (κ3) is 4.24. The van der Waals surface area contributed by atoms with Crippen molar-refractivity contribution in [2.75, 3.05) is 38.3 Å². The lowest BCUT2D eigenvalue weighted by molar-refractivity contribution is 0.260. The van der Waals surface area contributed by atoms with Crippen LogP contribution in [0.15, 0.2) is 24.3 Å². The second kappa shape index (κ2) is 8.35. The number of piperidine rings is 1. The van der Waals surface area contributed by atoms with Crippen LogP contribution in [0, 0.1) is 0 Å². The largest absolute Gasteiger partial charge is 0.364 e. The van der Waals surface area contributed by atoms with E-state index >= 15 is 0 Å². The Balaban J connectivity index is 1.69. The van der Waals surface area contributed by atoms with Gasteiger partial charge in [-0.25, -0.2) is 4.31 Å². The van der Waals surface area contributed by atoms with E-state index in [9.17, 15) is 0 Å². The maximum atomic E-state index is 6.07. The Kier molecular flexibility index (Phi) is 5.88. The van der Waals surface area contributed by atoms with Crippen LogP contribution in [0.25, 0.3) is 11.3 Å². The molecule has 7 heteroatoms. The Morgan fingerprint density at radius 3 is 2.70 bits per heavy atom. The Labute approximate surface area is 170 Å². The number of rotatable bonds is 4. The molecule has 2 aliphatic heterocycles. The minimum Gasteiger partial charge on any atom is -0.364 e. The van der Waals surface area contributed by atoms with Crippen molar-refractivity contribution in [3.63, 3.8) is 0 Å². The Morgan fingerprint density at radius 1 is 1.15 bits per heavy atom. The molecule has 27 heavy (non-hydrogen) atoms. The third-order valence-electron chi connectivity index (χ3n) is 5.47. The molecule has 1 fully saturated rings. The van der Waals surface area contributed by atoms with Gasteiger partial charge in [0, 0.05) is 41.8 Å². The quantitative estimate of drug-likeness (QED) is 0.780. The molecule has 1 aromatic carbocycles. The first-order valence-electron chi connectivity index (χ1n) is 9.52. The minimum absolute atomic E-state index is 0.438. The molecule has 144 valence electrons. The van der Waals surface area contributed by atoms with Gasteiger partial charge in [-0.2, -0.15) is 0 Å². The van der Waals surface area contributed by atoms with Crippen molar-refractivity contribution < 1.29 is 0 Å². The molecule has 2 aromatic rings. The van der Waals surface area contributed by atoms with Gasteiger partial charge in [-0.15, -0.1) is 10.2 Å². The highest BCUT2D eigenvalue weighted by Gasteiger charge is 2.26. The number of fused-ring (bicyclic) bond motifs is 1. The minimum atomic E-state index is 0.438. The molecular formula is C20H26ClN5S. The maximum Gasteiger partial charge on any atom is 0.153 e. The van der Waals surface area contributed by atoms with E-state index in [4.69, 9.17) is 11.6 Å². The number of nitrogens with one attached hydrogen (secondary N) is 1. The van der Waals surface area contributed by atoms with Crippen molar-refractivity contribution in [2.45, 2.75) is 31.8 Å². The molecule has 0 spiro atoms. The van der Waals surface area contributed by atoms with Gasteiger partial charge < -0.3 is 10.2 Å². The Hall–Kier alpha value is -1.34. The normalized spacial score (nSPS) is 21.1. The molecule has 1 N–H and O–H groups in total. The first-order valence-corrected chi connectivity index (χ1v) is 11.1. The standard InChI is InChI=1S/C20H26ClN5S/c1-25-10-3-4-16(12-25)22-20-18-13-26(27-2)11-9-17(18)19(23-24-20)14-5-7-15(21)8-6-14/h5-8,16H,3-4,9-13H2,1-2H3,(H,22,24). The monoisotopic (exact) mass is 403 g/mol. The number of aromatic nitrogens is 2. The second-order valence-electron chi connectivity index (χ2n) is 7.40. The predicted molar refractivity (Wildman–Crippen MR) is 114 cm³/mol. The molecule has 1 saturated heterocycles. The molecule has 2 aliphatic rings. The van der Waals surface area contributed by atoms with Crippen LogP contribution in [-0.4, -0.2) is 58.4 Å². The average Bonchev–Trinajstić information content (AvgIpc) is 2.69. The van der Waals surface area contributed by atoms with Gasteiger partial charge in [0.2, 0.25) is 0 Å². The number of halogens is 1. The fourth-order valence-electron chi connectivity index (χ4n) is 4.03. The van der Waals surface area contributed by atoms with Crippen molar-refractivity contribution in [1.29, 1.82) is 0 Å². The number of hydrogen-bond acceptors (Lipinski definition) is 6. The van der Waals surface area contributed by atoms with Gasteiger partial charge in [0.05, 0.1) is 5.69 Å². The van der Waals surface area contributed by atoms with Crippen LogP contribution in [0.4, 0.5) is 5.82 Å². The molecule has 1 atom stereocenters. The lowest BCUT2D eigenvalue weighted by Crippen LogP contribution is -2.40. The van der Waals surface area contributed by atoms with Crippen LogP contribution in [0.2, 0.25) is 5.02 Å². The lowest BCUT2D eigenvalue weighted by atomic mass is 9.96. The summed E-state index contributed by atoms with van der Waals surface area (Å²) in [6.07, 6.45) is 5.54. The predicted octanol–water partition coefficient (Wildman–Crippen LogP) is 3.94. The van der Waals surface area contributed by atoms with Crippen LogP contribution >= 0.6 is 23.5 Å². The summed E-state index contributed by atoms with van der Waals surface area (Å²) >= 11 is 7.87. The van der Waals surface area contributed by atoms with Gasteiger partial charge >= 0.3 is 0 Å². The van der Waals surface area contributed by atoms with Crippen molar-refractivity contribution in [3.05, 3.63) is 40.4 Å². The summed E-state index contributed by atoms with van der Waals surface area (Å²) in [6.45, 7) is 4.17. The molecule has 0 saturated carbocycles. The molecule has 0 radical (unpaired) electrons. The van der Waals surface area contributed by atoms with Gasteiger partial charge in [0.1, 0.15) is 0 Å². The van der Waals surface area contributed by atoms with Crippen molar-refractivity contribution in [3.8, 4) is 11.3 Å². The Bertz CT molecular complexity index is 798. The fraction of sp³-hybridized carbons (Fsp3) is 0.500. The van der Waals surface area contributed by atoms with Crippen LogP contribution < -0.4 is 5.32 Å². The van der Waals surface area contributed by atoms with Gasteiger partial charge in [-0.3, -0.25) is 0 Å². The molecule has 1 aromatic heterocycles. The van der Waals surface area contributed by atoms with E-state index < -0.39 is 0 Å². The number of anilines is 1. The Morgan fingerprint density at radius 2 is 1.96 bits per heavy atom. The summed E-state index contributed by atoms with van der Waals surface area (Å²) in [7, 11) is 2.19. The first-order chi connectivity index (χ1) is 13.1. The zero-order chi connectivity index (χ0) is 18.8. The summed E-state index contributed by atoms with van der Waals surface area (Å²) in [6, 6.07) is 8.36. The van der Waals surface area contributed by atoms with E-state index in [0.717, 1.165) is 48.2 Å². The smallest absolute Gasteiger partial charge is 0.153 e. The highest BCUT2D eigenvalue weighted by Crippen LogP contribution is 2.34. The molecule has 1 unspecified atom stereocenters. The molecule has 5 nitrogen and oxygen atoms in total. The van der Waals surface area contributed by atoms with Gasteiger partial charge in [0.25, 0.3) is 0 Å². The number of likely N-dealkylation sites (N-methyl/N-ethyl adjacent to an activating group) is 1. The maximum absolute atomic E-state index is 6.07. The SMILES string of the molecule is CSN1CCc2c(-c3ccc(Cl)cc3)nnc(NC3CCCN(C)C3)c2C1. The van der Waals surface area contributed by atoms with Crippen molar-refractivity contribution >= 4 is 29.4 Å². The van der Waals surface area contributed by atoms with Crippen LogP contribution in [0.1, 0.15) is 24.0 Å². The molecule has 0 bridgehead atoms. The number of benzene rings is 1. The fourth-order valence-corrected chi connectivity index (χ4v) is 4.69. The van der Waals surface area contributed by atoms with Crippen LogP contribution in [-0.2, 0) is 13.0 Å². The average molecular weight is 404 g/mol. The first kappa shape index (κ1) is 19.0. The molecule has 0 amide bonds. The van der Waals surface area contributed by atoms with E-state index in [1.165, 1.54) is 30.5 Å². The summed E-state index contributed by atoms with van der Waals surface area (Å²) in [4.78, 5) is 2.39. The van der Waals surface area contributed by atoms with E-state index in [0.29, 0.717) is 6.04 Å². The van der Waals surface area contributed by atoms with E-state index in [2.05, 4.69) is 38.0 Å². The van der Waals surface area contributed by atoms with E-state index in [1.54, 1.807) is 11.9 Å². The highest BCUT2D eigenvalue weighted by atomic mass is 35.5. The molecule has 0 aliphatic carbocycles. The third-order valence-corrected chi connectivity index (χ3v) is 6.55. The van der Waals surface area contributed by atoms with Crippen LogP contribution in [0.3, 0.4) is 0 Å². The molecule has 3 heterocycles. The summed E-state index contributed by atoms with van der Waals surface area (Å²) in [5.74, 6) is 0.960. The van der Waals surface area contributed by atoms with E-state index in [1.807, 2.05) is 24.3 Å². The number of nitrogens with zero attached hydrogens (tertiary/aromatic N) is 4. The lowest BCUT2D eigenvalue weighted by Gasteiger charge is -2.33.